The van der Waals surface area contributed by atoms with E-state index >= 15 is 0 Å². The van der Waals surface area contributed by atoms with E-state index in [0.29, 0.717) is 11.4 Å². The minimum Gasteiger partial charge on any atom is -0.384 e. The summed E-state index contributed by atoms with van der Waals surface area (Å²) in [6.07, 6.45) is 3.78. The summed E-state index contributed by atoms with van der Waals surface area (Å²) in [6.45, 7) is 3.14. The molecule has 152 valence electrons. The van der Waals surface area contributed by atoms with E-state index in [0.717, 1.165) is 24.1 Å². The average Bonchev–Trinajstić information content (AvgIpc) is 3.07. The maximum atomic E-state index is 11.5. The molecule has 0 spiro atoms. The predicted molar refractivity (Wildman–Crippen MR) is 119 cm³/mol. The lowest BCUT2D eigenvalue weighted by molar-refractivity contribution is 0.252. The van der Waals surface area contributed by atoms with Gasteiger partial charge in [-0.15, -0.1) is 0 Å². The quantitative estimate of drug-likeness (QED) is 0.584. The fraction of sp³-hybridized carbons (Fsp3) is 0.429. The zero-order valence-electron chi connectivity index (χ0n) is 16.4. The SMILES string of the molecule is CSCc1cccc2c1NCC2C(C)(CCOS(C)(=O)=O)c1ccc(Cl)cc1. The van der Waals surface area contributed by atoms with Crippen LogP contribution in [0.5, 0.6) is 0 Å². The molecule has 7 heteroatoms. The molecular formula is C21H26ClNO3S2. The average molecular weight is 440 g/mol. The van der Waals surface area contributed by atoms with Gasteiger partial charge in [-0.3, -0.25) is 4.18 Å². The van der Waals surface area contributed by atoms with Crippen molar-refractivity contribution < 1.29 is 12.6 Å². The number of halogens is 1. The second kappa shape index (κ2) is 8.66. The van der Waals surface area contributed by atoms with E-state index in [1.54, 1.807) is 11.8 Å². The van der Waals surface area contributed by atoms with Crippen LogP contribution in [-0.4, -0.2) is 34.1 Å². The van der Waals surface area contributed by atoms with E-state index in [1.165, 1.54) is 16.8 Å². The van der Waals surface area contributed by atoms with Crippen molar-refractivity contribution in [2.45, 2.75) is 30.4 Å². The molecule has 1 N–H and O–H groups in total. The van der Waals surface area contributed by atoms with Crippen LogP contribution in [-0.2, 0) is 25.5 Å². The first kappa shape index (κ1) is 21.5. The third-order valence-electron chi connectivity index (χ3n) is 5.53. The van der Waals surface area contributed by atoms with Gasteiger partial charge in [-0.05, 0) is 41.5 Å². The van der Waals surface area contributed by atoms with E-state index in [2.05, 4.69) is 36.7 Å². The minimum absolute atomic E-state index is 0.147. The predicted octanol–water partition coefficient (Wildman–Crippen LogP) is 5.04. The first-order valence-corrected chi connectivity index (χ1v) is 12.8. The van der Waals surface area contributed by atoms with E-state index in [9.17, 15) is 8.42 Å². The molecule has 0 aliphatic carbocycles. The van der Waals surface area contributed by atoms with Crippen LogP contribution in [0.1, 0.15) is 36.0 Å². The monoisotopic (exact) mass is 439 g/mol. The largest absolute Gasteiger partial charge is 0.384 e. The van der Waals surface area contributed by atoms with E-state index in [4.69, 9.17) is 15.8 Å². The summed E-state index contributed by atoms with van der Waals surface area (Å²) in [5.74, 6) is 1.16. The Morgan fingerprint density at radius 1 is 1.25 bits per heavy atom. The molecule has 2 atom stereocenters. The molecule has 0 saturated heterocycles. The van der Waals surface area contributed by atoms with Gasteiger partial charge in [0.2, 0.25) is 0 Å². The standard InChI is InChI=1S/C21H26ClNO3S2/c1-21(11-12-26-28(3,24)25,16-7-9-17(22)10-8-16)19-13-23-20-15(14-27-2)5-4-6-18(19)20/h4-10,19,23H,11-14H2,1-3H3. The normalized spacial score (nSPS) is 18.4. The molecule has 28 heavy (non-hydrogen) atoms. The summed E-state index contributed by atoms with van der Waals surface area (Å²) in [5.41, 5.74) is 4.63. The molecule has 0 amide bonds. The van der Waals surface area contributed by atoms with Crippen molar-refractivity contribution in [3.63, 3.8) is 0 Å². The van der Waals surface area contributed by atoms with Crippen LogP contribution in [0, 0.1) is 0 Å². The maximum Gasteiger partial charge on any atom is 0.264 e. The Balaban J connectivity index is 1.99. The lowest BCUT2D eigenvalue weighted by Gasteiger charge is -2.36. The zero-order valence-corrected chi connectivity index (χ0v) is 18.8. The van der Waals surface area contributed by atoms with Crippen LogP contribution in [0.4, 0.5) is 5.69 Å². The Morgan fingerprint density at radius 2 is 1.96 bits per heavy atom. The summed E-state index contributed by atoms with van der Waals surface area (Å²) in [7, 11) is -3.47. The molecule has 2 aromatic rings. The van der Waals surface area contributed by atoms with Gasteiger partial charge in [0, 0.05) is 34.3 Å². The van der Waals surface area contributed by atoms with Crippen molar-refractivity contribution >= 4 is 39.2 Å². The highest BCUT2D eigenvalue weighted by Gasteiger charge is 2.41. The third-order valence-corrected chi connectivity index (χ3v) is 6.98. The summed E-state index contributed by atoms with van der Waals surface area (Å²) in [5, 5.41) is 4.28. The van der Waals surface area contributed by atoms with Crippen molar-refractivity contribution in [2.75, 3.05) is 31.0 Å². The van der Waals surface area contributed by atoms with Gasteiger partial charge in [0.15, 0.2) is 0 Å². The van der Waals surface area contributed by atoms with Crippen LogP contribution in [0.15, 0.2) is 42.5 Å². The van der Waals surface area contributed by atoms with Crippen LogP contribution < -0.4 is 5.32 Å². The Bertz CT molecular complexity index is 931. The van der Waals surface area contributed by atoms with Gasteiger partial charge >= 0.3 is 0 Å². The topological polar surface area (TPSA) is 55.4 Å². The molecule has 0 bridgehead atoms. The Morgan fingerprint density at radius 3 is 2.61 bits per heavy atom. The number of thioether (sulfide) groups is 1. The summed E-state index contributed by atoms with van der Waals surface area (Å²) >= 11 is 7.91. The molecule has 1 aliphatic rings. The fourth-order valence-electron chi connectivity index (χ4n) is 4.04. The van der Waals surface area contributed by atoms with E-state index in [-0.39, 0.29) is 17.9 Å². The lowest BCUT2D eigenvalue weighted by Crippen LogP contribution is -2.33. The lowest BCUT2D eigenvalue weighted by atomic mass is 9.67. The van der Waals surface area contributed by atoms with E-state index < -0.39 is 10.1 Å². The number of para-hydroxylation sites is 1. The van der Waals surface area contributed by atoms with Crippen LogP contribution >= 0.6 is 23.4 Å². The number of nitrogens with one attached hydrogen (secondary N) is 1. The molecular weight excluding hydrogens is 414 g/mol. The molecule has 2 unspecified atom stereocenters. The third kappa shape index (κ3) is 4.67. The van der Waals surface area contributed by atoms with Crippen molar-refractivity contribution in [3.8, 4) is 0 Å². The number of benzene rings is 2. The number of rotatable bonds is 8. The van der Waals surface area contributed by atoms with Gasteiger partial charge in [-0.2, -0.15) is 20.2 Å². The zero-order chi connectivity index (χ0) is 20.4. The molecule has 1 aliphatic heterocycles. The molecule has 4 nitrogen and oxygen atoms in total. The molecule has 0 saturated carbocycles. The Hall–Kier alpha value is -1.21. The number of hydrogen-bond acceptors (Lipinski definition) is 5. The van der Waals surface area contributed by atoms with Gasteiger partial charge in [0.05, 0.1) is 12.9 Å². The highest BCUT2D eigenvalue weighted by Crippen LogP contribution is 2.48. The highest BCUT2D eigenvalue weighted by molar-refractivity contribution is 7.97. The smallest absolute Gasteiger partial charge is 0.264 e. The first-order chi connectivity index (χ1) is 13.2. The molecule has 3 rings (SSSR count). The second-order valence-corrected chi connectivity index (χ2v) is 10.4. The number of anilines is 1. The minimum atomic E-state index is -3.47. The van der Waals surface area contributed by atoms with Gasteiger partial charge in [-0.25, -0.2) is 0 Å². The number of hydrogen-bond donors (Lipinski definition) is 1. The molecule has 2 aromatic carbocycles. The fourth-order valence-corrected chi connectivity index (χ4v) is 5.10. The van der Waals surface area contributed by atoms with E-state index in [1.807, 2.05) is 24.3 Å². The molecule has 0 fully saturated rings. The van der Waals surface area contributed by atoms with Crippen molar-refractivity contribution in [1.82, 2.24) is 0 Å². The Labute approximate surface area is 177 Å². The maximum absolute atomic E-state index is 11.5. The summed E-state index contributed by atoms with van der Waals surface area (Å²) in [6, 6.07) is 14.3. The molecule has 0 radical (unpaired) electrons. The van der Waals surface area contributed by atoms with Crippen molar-refractivity contribution in [1.29, 1.82) is 0 Å². The van der Waals surface area contributed by atoms with Gasteiger partial charge in [0.1, 0.15) is 0 Å². The molecule has 1 heterocycles. The highest BCUT2D eigenvalue weighted by atomic mass is 35.5. The van der Waals surface area contributed by atoms with Crippen LogP contribution in [0.2, 0.25) is 5.02 Å². The van der Waals surface area contributed by atoms with Gasteiger partial charge < -0.3 is 5.32 Å². The number of fused-ring (bicyclic) bond motifs is 1. The van der Waals surface area contributed by atoms with Gasteiger partial charge in [-0.1, -0.05) is 48.9 Å². The van der Waals surface area contributed by atoms with Gasteiger partial charge in [0.25, 0.3) is 10.1 Å². The summed E-state index contributed by atoms with van der Waals surface area (Å²) < 4.78 is 28.1. The Kier molecular flexibility index (Phi) is 6.65. The van der Waals surface area contributed by atoms with Crippen molar-refractivity contribution in [2.24, 2.45) is 0 Å². The van der Waals surface area contributed by atoms with Crippen molar-refractivity contribution in [3.05, 3.63) is 64.2 Å². The van der Waals surface area contributed by atoms with Crippen LogP contribution in [0.3, 0.4) is 0 Å². The summed E-state index contributed by atoms with van der Waals surface area (Å²) in [4.78, 5) is 0. The second-order valence-electron chi connectivity index (χ2n) is 7.45. The molecule has 0 aromatic heterocycles. The van der Waals surface area contributed by atoms with Crippen LogP contribution in [0.25, 0.3) is 0 Å². The first-order valence-electron chi connectivity index (χ1n) is 9.19.